The summed E-state index contributed by atoms with van der Waals surface area (Å²) in [4.78, 5) is 25.3. The van der Waals surface area contributed by atoms with E-state index in [9.17, 15) is 4.79 Å². The lowest BCUT2D eigenvalue weighted by atomic mass is 10.2. The minimum absolute atomic E-state index is 0.314. The number of nitrogens with one attached hydrogen (secondary N) is 1. The van der Waals surface area contributed by atoms with Gasteiger partial charge in [0.25, 0.3) is 0 Å². The Kier molecular flexibility index (Phi) is 5.47. The standard InChI is InChI=1S/C17H19N7OS/c1-3-7-23-11-12(9-19-23)14-10-18-13-5-6-15(21-16(13)20-14)22-17(25)24(26)8-4-2/h4-6,9-11,26H,2-3,7-8H2,1H3,(H,20,21,22,25). The monoisotopic (exact) mass is 369 g/mol. The lowest BCUT2D eigenvalue weighted by Gasteiger charge is -2.13. The molecule has 1 N–H and O–H groups in total. The van der Waals surface area contributed by atoms with Crippen molar-refractivity contribution in [1.29, 1.82) is 0 Å². The fourth-order valence-electron chi connectivity index (χ4n) is 2.33. The van der Waals surface area contributed by atoms with Gasteiger partial charge in [0.15, 0.2) is 5.65 Å². The normalized spacial score (nSPS) is 10.7. The molecule has 3 aromatic rings. The van der Waals surface area contributed by atoms with Crippen LogP contribution in [-0.2, 0) is 6.54 Å². The minimum Gasteiger partial charge on any atom is -0.291 e. The van der Waals surface area contributed by atoms with Crippen LogP contribution in [0.3, 0.4) is 0 Å². The van der Waals surface area contributed by atoms with Gasteiger partial charge in [0.2, 0.25) is 0 Å². The molecule has 0 saturated carbocycles. The number of carbonyl (C=O) groups is 1. The number of aryl methyl sites for hydroxylation is 1. The van der Waals surface area contributed by atoms with Gasteiger partial charge >= 0.3 is 6.03 Å². The molecule has 2 amide bonds. The fourth-order valence-corrected chi connectivity index (χ4v) is 2.50. The second-order valence-electron chi connectivity index (χ2n) is 5.59. The highest BCUT2D eigenvalue weighted by atomic mass is 32.1. The zero-order chi connectivity index (χ0) is 18.5. The highest BCUT2D eigenvalue weighted by Crippen LogP contribution is 2.19. The summed E-state index contributed by atoms with van der Waals surface area (Å²) in [6.45, 7) is 6.83. The van der Waals surface area contributed by atoms with Crippen LogP contribution in [0.2, 0.25) is 0 Å². The molecule has 0 spiro atoms. The van der Waals surface area contributed by atoms with Crippen LogP contribution in [0, 0.1) is 0 Å². The maximum atomic E-state index is 12.0. The number of nitrogens with zero attached hydrogens (tertiary/aromatic N) is 6. The zero-order valence-corrected chi connectivity index (χ0v) is 15.2. The first kappa shape index (κ1) is 17.9. The van der Waals surface area contributed by atoms with E-state index in [-0.39, 0.29) is 0 Å². The Morgan fingerprint density at radius 2 is 2.23 bits per heavy atom. The van der Waals surface area contributed by atoms with Gasteiger partial charge in [0.05, 0.1) is 24.6 Å². The number of urea groups is 1. The van der Waals surface area contributed by atoms with Gasteiger partial charge in [-0.15, -0.1) is 6.58 Å². The van der Waals surface area contributed by atoms with Crippen LogP contribution in [-0.4, -0.2) is 41.6 Å². The number of pyridine rings is 1. The molecule has 3 rings (SSSR count). The Morgan fingerprint density at radius 3 is 3.00 bits per heavy atom. The Balaban J connectivity index is 1.85. The largest absolute Gasteiger partial charge is 0.333 e. The summed E-state index contributed by atoms with van der Waals surface area (Å²) in [6.07, 6.45) is 7.96. The third-order valence-electron chi connectivity index (χ3n) is 3.56. The molecular formula is C17H19N7OS. The molecule has 0 aliphatic heterocycles. The molecule has 26 heavy (non-hydrogen) atoms. The van der Waals surface area contributed by atoms with E-state index in [1.807, 2.05) is 10.9 Å². The number of hydrogen-bond acceptors (Lipinski definition) is 6. The predicted molar refractivity (Wildman–Crippen MR) is 104 cm³/mol. The van der Waals surface area contributed by atoms with E-state index in [0.717, 1.165) is 18.5 Å². The first-order valence-electron chi connectivity index (χ1n) is 8.15. The van der Waals surface area contributed by atoms with Gasteiger partial charge < -0.3 is 0 Å². The lowest BCUT2D eigenvalue weighted by Crippen LogP contribution is -2.27. The summed E-state index contributed by atoms with van der Waals surface area (Å²) in [5, 5.41) is 6.97. The Bertz CT molecular complexity index is 940. The molecule has 0 aliphatic rings. The van der Waals surface area contributed by atoms with Crippen molar-refractivity contribution in [1.82, 2.24) is 29.0 Å². The molecule has 0 bridgehead atoms. The topological polar surface area (TPSA) is 88.8 Å². The molecule has 0 fully saturated rings. The summed E-state index contributed by atoms with van der Waals surface area (Å²) in [7, 11) is 0. The smallest absolute Gasteiger partial charge is 0.291 e. The Labute approximate surface area is 156 Å². The summed E-state index contributed by atoms with van der Waals surface area (Å²) in [5.41, 5.74) is 2.63. The van der Waals surface area contributed by atoms with Gasteiger partial charge in [-0.1, -0.05) is 25.8 Å². The van der Waals surface area contributed by atoms with Crippen molar-refractivity contribution >= 4 is 35.8 Å². The first-order valence-corrected chi connectivity index (χ1v) is 8.55. The van der Waals surface area contributed by atoms with E-state index in [0.29, 0.717) is 29.2 Å². The number of thiol groups is 1. The van der Waals surface area contributed by atoms with Gasteiger partial charge in [0, 0.05) is 18.3 Å². The van der Waals surface area contributed by atoms with Gasteiger partial charge in [-0.25, -0.2) is 14.8 Å². The van der Waals surface area contributed by atoms with Crippen molar-refractivity contribution < 1.29 is 4.79 Å². The van der Waals surface area contributed by atoms with Crippen molar-refractivity contribution in [2.45, 2.75) is 19.9 Å². The van der Waals surface area contributed by atoms with E-state index in [1.165, 1.54) is 4.31 Å². The number of aromatic nitrogens is 5. The van der Waals surface area contributed by atoms with Gasteiger partial charge in [-0.3, -0.25) is 19.3 Å². The third kappa shape index (κ3) is 3.99. The van der Waals surface area contributed by atoms with Gasteiger partial charge in [-0.2, -0.15) is 5.10 Å². The highest BCUT2D eigenvalue weighted by Gasteiger charge is 2.11. The number of hydrogen-bond donors (Lipinski definition) is 2. The summed E-state index contributed by atoms with van der Waals surface area (Å²) >= 11 is 4.08. The van der Waals surface area contributed by atoms with Crippen molar-refractivity contribution in [3.05, 3.63) is 43.4 Å². The van der Waals surface area contributed by atoms with Crippen molar-refractivity contribution in [2.24, 2.45) is 0 Å². The zero-order valence-electron chi connectivity index (χ0n) is 14.3. The SMILES string of the molecule is C=CCN(S)C(=O)Nc1ccc2ncc(-c3cnn(CCC)c3)nc2n1. The number of amides is 2. The Morgan fingerprint density at radius 1 is 1.38 bits per heavy atom. The number of anilines is 1. The van der Waals surface area contributed by atoms with Crippen molar-refractivity contribution in [2.75, 3.05) is 11.9 Å². The molecule has 9 heteroatoms. The molecule has 0 aromatic carbocycles. The number of carbonyl (C=O) groups excluding carboxylic acids is 1. The van der Waals surface area contributed by atoms with Crippen molar-refractivity contribution in [3.8, 4) is 11.3 Å². The minimum atomic E-state index is -0.398. The highest BCUT2D eigenvalue weighted by molar-refractivity contribution is 7.78. The average Bonchev–Trinajstić information content (AvgIpc) is 3.10. The van der Waals surface area contributed by atoms with Crippen LogP contribution in [0.1, 0.15) is 13.3 Å². The van der Waals surface area contributed by atoms with Gasteiger partial charge in [-0.05, 0) is 18.6 Å². The summed E-state index contributed by atoms with van der Waals surface area (Å²) in [6, 6.07) is 3.03. The summed E-state index contributed by atoms with van der Waals surface area (Å²) in [5.74, 6) is 0.374. The van der Waals surface area contributed by atoms with Crippen molar-refractivity contribution in [3.63, 3.8) is 0 Å². The van der Waals surface area contributed by atoms with Crippen LogP contribution >= 0.6 is 12.8 Å². The molecule has 0 saturated heterocycles. The maximum absolute atomic E-state index is 12.0. The average molecular weight is 369 g/mol. The molecule has 0 unspecified atom stereocenters. The van der Waals surface area contributed by atoms with Crippen LogP contribution in [0.15, 0.2) is 43.4 Å². The maximum Gasteiger partial charge on any atom is 0.333 e. The molecule has 3 heterocycles. The Hall–Kier alpha value is -2.94. The van der Waals surface area contributed by atoms with E-state index >= 15 is 0 Å². The third-order valence-corrected chi connectivity index (χ3v) is 3.90. The molecule has 0 aliphatic carbocycles. The van der Waals surface area contributed by atoms with E-state index in [2.05, 4.69) is 51.7 Å². The molecule has 3 aromatic heterocycles. The molecule has 0 atom stereocenters. The number of fused-ring (bicyclic) bond motifs is 1. The molecule has 0 radical (unpaired) electrons. The predicted octanol–water partition coefficient (Wildman–Crippen LogP) is 3.16. The molecule has 8 nitrogen and oxygen atoms in total. The van der Waals surface area contributed by atoms with Crippen LogP contribution in [0.25, 0.3) is 22.4 Å². The second-order valence-corrected chi connectivity index (χ2v) is 6.07. The second kappa shape index (κ2) is 7.96. The summed E-state index contributed by atoms with van der Waals surface area (Å²) < 4.78 is 3.06. The molecular weight excluding hydrogens is 350 g/mol. The number of rotatable bonds is 6. The fraction of sp³-hybridized carbons (Fsp3) is 0.235. The van der Waals surface area contributed by atoms with E-state index in [4.69, 9.17) is 0 Å². The first-order chi connectivity index (χ1) is 12.6. The van der Waals surface area contributed by atoms with Crippen LogP contribution in [0.5, 0.6) is 0 Å². The van der Waals surface area contributed by atoms with Crippen LogP contribution in [0.4, 0.5) is 10.6 Å². The van der Waals surface area contributed by atoms with Gasteiger partial charge in [0.1, 0.15) is 11.3 Å². The molecule has 134 valence electrons. The van der Waals surface area contributed by atoms with Crippen LogP contribution < -0.4 is 5.32 Å². The quantitative estimate of drug-likeness (QED) is 0.515. The van der Waals surface area contributed by atoms with E-state index in [1.54, 1.807) is 30.6 Å². The lowest BCUT2D eigenvalue weighted by molar-refractivity contribution is 0.241. The van der Waals surface area contributed by atoms with E-state index < -0.39 is 6.03 Å².